The van der Waals surface area contributed by atoms with E-state index in [9.17, 15) is 14.3 Å². The number of hydrogen-bond donors (Lipinski definition) is 1. The summed E-state index contributed by atoms with van der Waals surface area (Å²) in [6.45, 7) is 0. The number of fused-ring (bicyclic) bond motifs is 1. The highest BCUT2D eigenvalue weighted by molar-refractivity contribution is 7.98. The lowest BCUT2D eigenvalue weighted by molar-refractivity contribution is 0.0701. The lowest BCUT2D eigenvalue weighted by atomic mass is 10.1. The molecular weight excluding hydrogens is 393 g/mol. The van der Waals surface area contributed by atoms with Crippen LogP contribution in [0.3, 0.4) is 0 Å². The fraction of sp³-hybridized carbons (Fsp3) is 0.118. The van der Waals surface area contributed by atoms with Crippen molar-refractivity contribution in [3.8, 4) is 10.7 Å². The van der Waals surface area contributed by atoms with Crippen molar-refractivity contribution >= 4 is 50.5 Å². The van der Waals surface area contributed by atoms with Gasteiger partial charge in [0.1, 0.15) is 10.7 Å². The zero-order valence-corrected chi connectivity index (χ0v) is 15.9. The molecule has 132 valence electrons. The van der Waals surface area contributed by atoms with Gasteiger partial charge >= 0.3 is 5.97 Å². The SMILES string of the molecule is Cn1c(SCc2c(C(=O)O)sc3cccc(F)c23)nnc1-c1cccs1. The van der Waals surface area contributed by atoms with Crippen LogP contribution in [0.15, 0.2) is 40.9 Å². The summed E-state index contributed by atoms with van der Waals surface area (Å²) < 4.78 is 16.8. The second kappa shape index (κ2) is 6.82. The lowest BCUT2D eigenvalue weighted by Crippen LogP contribution is -1.98. The van der Waals surface area contributed by atoms with Crippen LogP contribution in [0.1, 0.15) is 15.2 Å². The number of benzene rings is 1. The summed E-state index contributed by atoms with van der Waals surface area (Å²) in [6.07, 6.45) is 0. The quantitative estimate of drug-likeness (QED) is 0.479. The number of thioether (sulfide) groups is 1. The van der Waals surface area contributed by atoms with Gasteiger partial charge in [-0.2, -0.15) is 0 Å². The Kier molecular flexibility index (Phi) is 4.51. The minimum absolute atomic E-state index is 0.165. The standard InChI is InChI=1S/C17H12FN3O2S3/c1-21-15(12-6-3-7-24-12)19-20-17(21)25-8-9-13-10(18)4-2-5-11(13)26-14(9)16(22)23/h2-7H,8H2,1H3,(H,22,23). The van der Waals surface area contributed by atoms with Crippen molar-refractivity contribution in [2.45, 2.75) is 10.9 Å². The minimum atomic E-state index is -1.04. The predicted octanol–water partition coefficient (Wildman–Crippen LogP) is 4.89. The van der Waals surface area contributed by atoms with E-state index < -0.39 is 11.8 Å². The van der Waals surface area contributed by atoms with Crippen LogP contribution in [0.2, 0.25) is 0 Å². The average Bonchev–Trinajstić information content (AvgIpc) is 3.32. The molecule has 0 spiro atoms. The van der Waals surface area contributed by atoms with Crippen molar-refractivity contribution in [3.05, 3.63) is 52.0 Å². The van der Waals surface area contributed by atoms with Gasteiger partial charge in [-0.1, -0.05) is 23.9 Å². The Hall–Kier alpha value is -2.23. The van der Waals surface area contributed by atoms with Crippen molar-refractivity contribution in [1.82, 2.24) is 14.8 Å². The van der Waals surface area contributed by atoms with Gasteiger partial charge in [0.25, 0.3) is 0 Å². The second-order valence-corrected chi connectivity index (χ2v) is 8.40. The van der Waals surface area contributed by atoms with E-state index in [2.05, 4.69) is 10.2 Å². The summed E-state index contributed by atoms with van der Waals surface area (Å²) in [4.78, 5) is 12.8. The zero-order valence-electron chi connectivity index (χ0n) is 13.5. The molecule has 0 aliphatic rings. The largest absolute Gasteiger partial charge is 0.477 e. The van der Waals surface area contributed by atoms with Crippen LogP contribution in [-0.2, 0) is 12.8 Å². The van der Waals surface area contributed by atoms with Gasteiger partial charge in [0.05, 0.1) is 4.88 Å². The van der Waals surface area contributed by atoms with E-state index in [4.69, 9.17) is 0 Å². The van der Waals surface area contributed by atoms with Gasteiger partial charge in [0.2, 0.25) is 0 Å². The van der Waals surface area contributed by atoms with Crippen molar-refractivity contribution in [2.75, 3.05) is 0 Å². The number of aromatic nitrogens is 3. The van der Waals surface area contributed by atoms with E-state index in [-0.39, 0.29) is 4.88 Å². The monoisotopic (exact) mass is 405 g/mol. The number of thiophene rings is 2. The molecular formula is C17H12FN3O2S3. The predicted molar refractivity (Wildman–Crippen MR) is 103 cm³/mol. The van der Waals surface area contributed by atoms with Crippen LogP contribution in [0.25, 0.3) is 20.8 Å². The Morgan fingerprint density at radius 2 is 2.15 bits per heavy atom. The lowest BCUT2D eigenvalue weighted by Gasteiger charge is -2.04. The van der Waals surface area contributed by atoms with E-state index >= 15 is 0 Å². The third-order valence-corrected chi connectivity index (χ3v) is 6.98. The Labute approximate surface area is 160 Å². The number of carbonyl (C=O) groups is 1. The number of carboxylic acid groups (broad SMARTS) is 1. The highest BCUT2D eigenvalue weighted by atomic mass is 32.2. The molecule has 1 N–H and O–H groups in total. The maximum Gasteiger partial charge on any atom is 0.346 e. The molecule has 9 heteroatoms. The summed E-state index contributed by atoms with van der Waals surface area (Å²) in [6, 6.07) is 8.59. The molecule has 4 rings (SSSR count). The number of nitrogens with zero attached hydrogens (tertiary/aromatic N) is 3. The van der Waals surface area contributed by atoms with Gasteiger partial charge < -0.3 is 9.67 Å². The Balaban J connectivity index is 1.69. The first-order valence-electron chi connectivity index (χ1n) is 7.55. The van der Waals surface area contributed by atoms with Crippen LogP contribution in [0, 0.1) is 5.82 Å². The summed E-state index contributed by atoms with van der Waals surface area (Å²) in [5.74, 6) is -0.390. The molecule has 26 heavy (non-hydrogen) atoms. The second-order valence-electron chi connectivity index (χ2n) is 5.46. The van der Waals surface area contributed by atoms with Gasteiger partial charge in [-0.15, -0.1) is 32.9 Å². The van der Waals surface area contributed by atoms with Crippen LogP contribution in [0.4, 0.5) is 4.39 Å². The average molecular weight is 406 g/mol. The number of hydrogen-bond acceptors (Lipinski definition) is 6. The molecule has 3 aromatic heterocycles. The molecule has 0 atom stereocenters. The Bertz CT molecular complexity index is 1100. The minimum Gasteiger partial charge on any atom is -0.477 e. The topological polar surface area (TPSA) is 68.0 Å². The third kappa shape index (κ3) is 2.91. The highest BCUT2D eigenvalue weighted by Gasteiger charge is 2.21. The van der Waals surface area contributed by atoms with Gasteiger partial charge in [-0.25, -0.2) is 9.18 Å². The van der Waals surface area contributed by atoms with E-state index in [1.165, 1.54) is 17.8 Å². The fourth-order valence-electron chi connectivity index (χ4n) is 2.68. The third-order valence-electron chi connectivity index (χ3n) is 3.88. The first kappa shape index (κ1) is 17.2. The number of carboxylic acids is 1. The normalized spacial score (nSPS) is 11.3. The van der Waals surface area contributed by atoms with E-state index in [1.54, 1.807) is 23.5 Å². The summed E-state index contributed by atoms with van der Waals surface area (Å²) >= 11 is 4.01. The van der Waals surface area contributed by atoms with Gasteiger partial charge in [0, 0.05) is 22.9 Å². The molecule has 0 aliphatic carbocycles. The summed E-state index contributed by atoms with van der Waals surface area (Å²) in [5.41, 5.74) is 0.487. The van der Waals surface area contributed by atoms with Crippen LogP contribution in [-0.4, -0.2) is 25.8 Å². The molecule has 3 heterocycles. The van der Waals surface area contributed by atoms with Gasteiger partial charge in [-0.3, -0.25) is 0 Å². The van der Waals surface area contributed by atoms with Crippen molar-refractivity contribution in [2.24, 2.45) is 7.05 Å². The molecule has 0 saturated heterocycles. The molecule has 0 radical (unpaired) electrons. The first-order valence-corrected chi connectivity index (χ1v) is 10.2. The van der Waals surface area contributed by atoms with Crippen LogP contribution in [0.5, 0.6) is 0 Å². The van der Waals surface area contributed by atoms with Crippen LogP contribution >= 0.6 is 34.4 Å². The maximum absolute atomic E-state index is 14.3. The van der Waals surface area contributed by atoms with E-state index in [1.807, 2.05) is 29.1 Å². The maximum atomic E-state index is 14.3. The molecule has 0 fully saturated rings. The number of aromatic carboxylic acids is 1. The molecule has 4 aromatic rings. The molecule has 0 bridgehead atoms. The smallest absolute Gasteiger partial charge is 0.346 e. The first-order chi connectivity index (χ1) is 12.6. The fourth-order valence-corrected chi connectivity index (χ4v) is 5.53. The van der Waals surface area contributed by atoms with Crippen molar-refractivity contribution in [1.29, 1.82) is 0 Å². The van der Waals surface area contributed by atoms with Crippen molar-refractivity contribution < 1.29 is 14.3 Å². The summed E-state index contributed by atoms with van der Waals surface area (Å²) in [7, 11) is 1.86. The number of halogens is 1. The Morgan fingerprint density at radius 3 is 2.88 bits per heavy atom. The molecule has 0 unspecified atom stereocenters. The van der Waals surface area contributed by atoms with Gasteiger partial charge in [0.15, 0.2) is 11.0 Å². The Morgan fingerprint density at radius 1 is 1.31 bits per heavy atom. The van der Waals surface area contributed by atoms with E-state index in [0.29, 0.717) is 26.6 Å². The zero-order chi connectivity index (χ0) is 18.3. The van der Waals surface area contributed by atoms with E-state index in [0.717, 1.165) is 22.0 Å². The highest BCUT2D eigenvalue weighted by Crippen LogP contribution is 2.37. The molecule has 0 saturated carbocycles. The van der Waals surface area contributed by atoms with Gasteiger partial charge in [-0.05, 0) is 29.1 Å². The summed E-state index contributed by atoms with van der Waals surface area (Å²) in [5, 5.41) is 20.9. The van der Waals surface area contributed by atoms with Crippen molar-refractivity contribution in [3.63, 3.8) is 0 Å². The molecule has 1 aromatic carbocycles. The van der Waals surface area contributed by atoms with Crippen LogP contribution < -0.4 is 0 Å². The molecule has 5 nitrogen and oxygen atoms in total. The molecule has 0 amide bonds. The molecule has 0 aliphatic heterocycles. The number of rotatable bonds is 5.